The van der Waals surface area contributed by atoms with Crippen molar-refractivity contribution in [3.63, 3.8) is 0 Å². The summed E-state index contributed by atoms with van der Waals surface area (Å²) in [7, 11) is 0. The Hall–Kier alpha value is -1.86. The minimum Gasteiger partial charge on any atom is -0.442 e. The lowest BCUT2D eigenvalue weighted by Crippen LogP contribution is -2.68. The monoisotopic (exact) mass is 777 g/mol. The zero-order valence-electron chi connectivity index (χ0n) is 20.3. The molecule has 3 atom stereocenters. The van der Waals surface area contributed by atoms with Gasteiger partial charge in [0.15, 0.2) is 7.94 Å². The highest BCUT2D eigenvalue weighted by atomic mass is 80.0. The first-order valence-corrected chi connectivity index (χ1v) is 13.7. The van der Waals surface area contributed by atoms with Gasteiger partial charge in [-0.1, -0.05) is 47.8 Å². The van der Waals surface area contributed by atoms with Crippen LogP contribution >= 0.6 is 47.8 Å². The highest BCUT2D eigenvalue weighted by molar-refractivity contribution is 9.39. The third-order valence-electron chi connectivity index (χ3n) is 5.98. The van der Waals surface area contributed by atoms with Crippen LogP contribution < -0.4 is 20.4 Å². The number of carbonyl (C=O) groups excluding carboxylic acids is 3. The van der Waals surface area contributed by atoms with Crippen molar-refractivity contribution in [2.45, 2.75) is 39.5 Å². The quantitative estimate of drug-likeness (QED) is 0.254. The van der Waals surface area contributed by atoms with E-state index in [2.05, 4.69) is 47.8 Å². The molecule has 224 valence electrons. The lowest BCUT2D eigenvalue weighted by atomic mass is 10.1. The molecule has 1 aromatic carbocycles. The normalized spacial score (nSPS) is 23.6. The molecule has 0 spiro atoms. The average molecular weight is 780 g/mol. The lowest BCUT2D eigenvalue weighted by molar-refractivity contribution is -0.177. The Morgan fingerprint density at radius 1 is 1.02 bits per heavy atom. The van der Waals surface area contributed by atoms with E-state index in [0.29, 0.717) is 11.4 Å². The molecule has 40 heavy (non-hydrogen) atoms. The molecule has 9 nitrogen and oxygen atoms in total. The lowest BCUT2D eigenvalue weighted by Gasteiger charge is -2.49. The second-order valence-corrected chi connectivity index (χ2v) is 16.0. The summed E-state index contributed by atoms with van der Waals surface area (Å²) in [4.78, 5) is 38.6. The van der Waals surface area contributed by atoms with E-state index in [4.69, 9.17) is 4.74 Å². The summed E-state index contributed by atoms with van der Waals surface area (Å²) in [6, 6.07) is 6.11. The molecule has 0 radical (unpaired) electrons. The van der Waals surface area contributed by atoms with Crippen molar-refractivity contribution in [2.75, 3.05) is 42.5 Å². The Kier molecular flexibility index (Phi) is 9.63. The largest absolute Gasteiger partial charge is 0.471 e. The number of ether oxygens (including phenoxy) is 1. The van der Waals surface area contributed by atoms with E-state index in [0.717, 1.165) is 16.7 Å². The van der Waals surface area contributed by atoms with Crippen molar-refractivity contribution >= 4 is 77.1 Å². The number of hydrogen-bond acceptors (Lipinski definition) is 6. The molecule has 0 saturated carbocycles. The summed E-state index contributed by atoms with van der Waals surface area (Å²) in [6.07, 6.45) is -13.6. The number of nitrogens with one attached hydrogen (secondary N) is 2. The van der Waals surface area contributed by atoms with Gasteiger partial charge < -0.3 is 20.3 Å². The number of anilines is 2. The number of halogens is 10. The molecule has 3 rings (SSSR count). The van der Waals surface area contributed by atoms with Gasteiger partial charge in [-0.3, -0.25) is 14.5 Å². The van der Waals surface area contributed by atoms with Crippen LogP contribution in [0, 0.1) is 0 Å². The van der Waals surface area contributed by atoms with Gasteiger partial charge >= 0.3 is 30.3 Å². The number of hydrogen-bond donors (Lipinski definition) is 2. The zero-order valence-corrected chi connectivity index (χ0v) is 25.0. The Morgan fingerprint density at radius 3 is 2.08 bits per heavy atom. The molecule has 2 aliphatic rings. The summed E-state index contributed by atoms with van der Waals surface area (Å²) in [6.45, 7) is 0.216. The van der Waals surface area contributed by atoms with Gasteiger partial charge in [0.05, 0.1) is 19.6 Å². The maximum Gasteiger partial charge on any atom is 0.471 e. The van der Waals surface area contributed by atoms with Crippen molar-refractivity contribution in [1.29, 1.82) is 0 Å². The molecule has 0 aromatic heterocycles. The predicted octanol–water partition coefficient (Wildman–Crippen LogP) is 4.34. The third kappa shape index (κ3) is 7.90. The summed E-state index contributed by atoms with van der Waals surface area (Å²) in [5.41, 5.74) is 0.838. The molecule has 2 heterocycles. The van der Waals surface area contributed by atoms with Crippen LogP contribution in [0.2, 0.25) is 0 Å². The first-order valence-electron chi connectivity index (χ1n) is 11.3. The van der Waals surface area contributed by atoms with Crippen LogP contribution in [-0.4, -0.2) is 88.1 Å². The molecule has 1 aromatic rings. The number of alkyl halides is 10. The standard InChI is InChI=1S/C21H21Br3F7N5O4/c1-18(25)10-34(6-7-36(18)14(19(22,23)24)33-16(38)21(29,30)31)11-2-4-12(5-3-11)35-9-13(40-17(35)39)8-32-15(37)20(26,27)28/h2-5,13-14H,6-10H2,1H3,(H,32,37)(H,33,38)/t13?,14?,18-/m1/s1. The molecule has 2 saturated heterocycles. The summed E-state index contributed by atoms with van der Waals surface area (Å²) < 4.78 is 95.1. The topological polar surface area (TPSA) is 94.2 Å². The zero-order chi connectivity index (χ0) is 30.3. The van der Waals surface area contributed by atoms with E-state index in [-0.39, 0.29) is 26.2 Å². The van der Waals surface area contributed by atoms with E-state index >= 15 is 4.39 Å². The fraction of sp³-hybridized carbons (Fsp3) is 0.571. The van der Waals surface area contributed by atoms with Gasteiger partial charge in [0.2, 0.25) is 0 Å². The number of carbonyl (C=O) groups is 3. The minimum atomic E-state index is -5.19. The predicted molar refractivity (Wildman–Crippen MR) is 139 cm³/mol. The fourth-order valence-corrected chi connectivity index (χ4v) is 5.21. The van der Waals surface area contributed by atoms with Crippen molar-refractivity contribution in [2.24, 2.45) is 0 Å². The molecular weight excluding hydrogens is 759 g/mol. The number of nitrogens with zero attached hydrogens (tertiary/aromatic N) is 3. The summed E-state index contributed by atoms with van der Waals surface area (Å²) in [5.74, 6) is -6.64. The van der Waals surface area contributed by atoms with Crippen molar-refractivity contribution in [1.82, 2.24) is 15.5 Å². The van der Waals surface area contributed by atoms with Crippen molar-refractivity contribution < 1.29 is 49.9 Å². The molecule has 2 unspecified atom stereocenters. The number of amides is 3. The molecule has 0 bridgehead atoms. The fourth-order valence-electron chi connectivity index (χ4n) is 4.13. The van der Waals surface area contributed by atoms with Crippen LogP contribution in [0.3, 0.4) is 0 Å². The van der Waals surface area contributed by atoms with E-state index in [9.17, 15) is 40.7 Å². The van der Waals surface area contributed by atoms with Gasteiger partial charge in [-0.15, -0.1) is 0 Å². The second kappa shape index (κ2) is 11.8. The molecule has 19 heteroatoms. The van der Waals surface area contributed by atoms with Crippen LogP contribution in [0.25, 0.3) is 0 Å². The smallest absolute Gasteiger partial charge is 0.442 e. The first-order chi connectivity index (χ1) is 18.2. The summed E-state index contributed by atoms with van der Waals surface area (Å²) in [5, 5.41) is 3.43. The average Bonchev–Trinajstić information content (AvgIpc) is 3.19. The van der Waals surface area contributed by atoms with E-state index < -0.39 is 57.0 Å². The highest BCUT2D eigenvalue weighted by Crippen LogP contribution is 2.42. The van der Waals surface area contributed by atoms with E-state index in [1.54, 1.807) is 27.7 Å². The van der Waals surface area contributed by atoms with Gasteiger partial charge in [0.1, 0.15) is 12.3 Å². The van der Waals surface area contributed by atoms with Crippen molar-refractivity contribution in [3.05, 3.63) is 24.3 Å². The van der Waals surface area contributed by atoms with Crippen LogP contribution in [-0.2, 0) is 14.3 Å². The SMILES string of the molecule is C[C@]1(F)CN(c2ccc(N3CC(CNC(=O)C(F)(F)F)OC3=O)cc2)CCN1C(NC(=O)C(F)(F)F)C(Br)(Br)Br. The number of cyclic esters (lactones) is 1. The Labute approximate surface area is 248 Å². The number of piperazine rings is 1. The molecule has 2 fully saturated rings. The van der Waals surface area contributed by atoms with Gasteiger partial charge in [-0.25, -0.2) is 14.1 Å². The van der Waals surface area contributed by atoms with Crippen LogP contribution in [0.4, 0.5) is 46.9 Å². The molecule has 0 aliphatic carbocycles. The first kappa shape index (κ1) is 32.7. The second-order valence-electron chi connectivity index (χ2n) is 9.01. The van der Waals surface area contributed by atoms with Crippen LogP contribution in [0.1, 0.15) is 6.92 Å². The van der Waals surface area contributed by atoms with Crippen molar-refractivity contribution in [3.8, 4) is 0 Å². The number of benzene rings is 1. The number of rotatable bonds is 6. The van der Waals surface area contributed by atoms with Gasteiger partial charge in [-0.05, 0) is 31.2 Å². The molecular formula is C21H21Br3F7N5O4. The maximum absolute atomic E-state index is 15.8. The summed E-state index contributed by atoms with van der Waals surface area (Å²) >= 11 is 9.24. The Bertz CT molecular complexity index is 1120. The van der Waals surface area contributed by atoms with Crippen LogP contribution in [0.15, 0.2) is 24.3 Å². The molecule has 2 aliphatic heterocycles. The van der Waals surface area contributed by atoms with Gasteiger partial charge in [0, 0.05) is 24.5 Å². The molecule has 2 N–H and O–H groups in total. The third-order valence-corrected chi connectivity index (χ3v) is 7.29. The van der Waals surface area contributed by atoms with E-state index in [1.165, 1.54) is 12.1 Å². The minimum absolute atomic E-state index is 0.105. The van der Waals surface area contributed by atoms with Gasteiger partial charge in [0.25, 0.3) is 0 Å². The maximum atomic E-state index is 15.8. The van der Waals surface area contributed by atoms with Crippen LogP contribution in [0.5, 0.6) is 0 Å². The molecule has 3 amide bonds. The van der Waals surface area contributed by atoms with Gasteiger partial charge in [-0.2, -0.15) is 26.3 Å². The Morgan fingerprint density at radius 2 is 1.57 bits per heavy atom. The van der Waals surface area contributed by atoms with E-state index in [1.807, 2.05) is 0 Å². The Balaban J connectivity index is 1.66. The highest BCUT2D eigenvalue weighted by Gasteiger charge is 2.51.